The van der Waals surface area contributed by atoms with Gasteiger partial charge in [-0.3, -0.25) is 4.79 Å². The lowest BCUT2D eigenvalue weighted by Gasteiger charge is -2.29. The molecule has 0 unspecified atom stereocenters. The number of morpholine rings is 1. The molecule has 0 radical (unpaired) electrons. The van der Waals surface area contributed by atoms with Crippen LogP contribution < -0.4 is 10.2 Å². The second-order valence-electron chi connectivity index (χ2n) is 5.67. The number of carbonyl (C=O) groups is 1. The quantitative estimate of drug-likeness (QED) is 0.918. The summed E-state index contributed by atoms with van der Waals surface area (Å²) >= 11 is 0. The first-order valence-corrected chi connectivity index (χ1v) is 8.09. The third kappa shape index (κ3) is 3.93. The van der Waals surface area contributed by atoms with Gasteiger partial charge >= 0.3 is 0 Å². The summed E-state index contributed by atoms with van der Waals surface area (Å²) in [6.07, 6.45) is -0.627. The van der Waals surface area contributed by atoms with Crippen LogP contribution in [0.5, 0.6) is 0 Å². The standard InChI is InChI=1S/C19H22N2O3/c1-23-18(15-6-3-2-4-7-15)19(22)20-16-8-5-9-17(14-16)21-10-12-24-13-11-21/h2-9,14,18H,10-13H2,1H3,(H,20,22)/t18-/m1/s1. The van der Waals surface area contributed by atoms with Crippen molar-refractivity contribution >= 4 is 17.3 Å². The van der Waals surface area contributed by atoms with Gasteiger partial charge in [-0.15, -0.1) is 0 Å². The molecule has 0 aliphatic carbocycles. The predicted octanol–water partition coefficient (Wildman–Crippen LogP) is 2.85. The minimum absolute atomic E-state index is 0.178. The Labute approximate surface area is 142 Å². The summed E-state index contributed by atoms with van der Waals surface area (Å²) in [5, 5.41) is 2.95. The molecule has 2 aromatic rings. The van der Waals surface area contributed by atoms with Crippen LogP contribution in [0.2, 0.25) is 0 Å². The largest absolute Gasteiger partial charge is 0.378 e. The van der Waals surface area contributed by atoms with Crippen LogP contribution in [0.4, 0.5) is 11.4 Å². The fourth-order valence-electron chi connectivity index (χ4n) is 2.83. The van der Waals surface area contributed by atoms with Crippen LogP contribution in [0.1, 0.15) is 11.7 Å². The van der Waals surface area contributed by atoms with Crippen molar-refractivity contribution in [2.45, 2.75) is 6.10 Å². The molecule has 0 saturated carbocycles. The highest BCUT2D eigenvalue weighted by Gasteiger charge is 2.20. The molecule has 2 aromatic carbocycles. The summed E-state index contributed by atoms with van der Waals surface area (Å²) < 4.78 is 10.8. The highest BCUT2D eigenvalue weighted by Crippen LogP contribution is 2.23. The van der Waals surface area contributed by atoms with Crippen LogP contribution in [-0.2, 0) is 14.3 Å². The molecular formula is C19H22N2O3. The molecule has 3 rings (SSSR count). The van der Waals surface area contributed by atoms with Crippen molar-refractivity contribution < 1.29 is 14.3 Å². The smallest absolute Gasteiger partial charge is 0.258 e. The second-order valence-corrected chi connectivity index (χ2v) is 5.67. The molecule has 5 nitrogen and oxygen atoms in total. The maximum atomic E-state index is 12.6. The van der Waals surface area contributed by atoms with E-state index in [1.54, 1.807) is 7.11 Å². The van der Waals surface area contributed by atoms with E-state index in [1.165, 1.54) is 0 Å². The van der Waals surface area contributed by atoms with Gasteiger partial charge in [0.15, 0.2) is 6.10 Å². The molecule has 5 heteroatoms. The van der Waals surface area contributed by atoms with Crippen molar-refractivity contribution in [3.05, 3.63) is 60.2 Å². The van der Waals surface area contributed by atoms with E-state index in [-0.39, 0.29) is 5.91 Å². The Morgan fingerprint density at radius 3 is 2.58 bits per heavy atom. The summed E-state index contributed by atoms with van der Waals surface area (Å²) in [6, 6.07) is 17.4. The topological polar surface area (TPSA) is 50.8 Å². The van der Waals surface area contributed by atoms with Crippen LogP contribution >= 0.6 is 0 Å². The molecule has 0 spiro atoms. The van der Waals surface area contributed by atoms with Gasteiger partial charge in [-0.25, -0.2) is 0 Å². The summed E-state index contributed by atoms with van der Waals surface area (Å²) in [5.41, 5.74) is 2.69. The van der Waals surface area contributed by atoms with Gasteiger partial charge in [0, 0.05) is 31.6 Å². The molecular weight excluding hydrogens is 304 g/mol. The van der Waals surface area contributed by atoms with Gasteiger partial charge in [-0.1, -0.05) is 36.4 Å². The lowest BCUT2D eigenvalue weighted by Crippen LogP contribution is -2.36. The number of nitrogens with zero attached hydrogens (tertiary/aromatic N) is 1. The van der Waals surface area contributed by atoms with E-state index < -0.39 is 6.10 Å². The Hall–Kier alpha value is -2.37. The Balaban J connectivity index is 1.71. The first kappa shape index (κ1) is 16.5. The van der Waals surface area contributed by atoms with Gasteiger partial charge in [0.05, 0.1) is 13.2 Å². The van der Waals surface area contributed by atoms with Crippen molar-refractivity contribution in [2.75, 3.05) is 43.6 Å². The average molecular weight is 326 g/mol. The van der Waals surface area contributed by atoms with Crippen molar-refractivity contribution in [3.8, 4) is 0 Å². The molecule has 0 bridgehead atoms. The van der Waals surface area contributed by atoms with Crippen LogP contribution in [0.3, 0.4) is 0 Å². The Morgan fingerprint density at radius 2 is 1.88 bits per heavy atom. The van der Waals surface area contributed by atoms with Gasteiger partial charge < -0.3 is 19.7 Å². The van der Waals surface area contributed by atoms with E-state index in [1.807, 2.05) is 54.6 Å². The Bertz CT molecular complexity index is 669. The van der Waals surface area contributed by atoms with Crippen LogP contribution in [0.15, 0.2) is 54.6 Å². The molecule has 24 heavy (non-hydrogen) atoms. The predicted molar refractivity (Wildman–Crippen MR) is 94.3 cm³/mol. The number of benzene rings is 2. The van der Waals surface area contributed by atoms with Gasteiger partial charge in [0.25, 0.3) is 5.91 Å². The highest BCUT2D eigenvalue weighted by atomic mass is 16.5. The maximum absolute atomic E-state index is 12.6. The van der Waals surface area contributed by atoms with Crippen LogP contribution in [0.25, 0.3) is 0 Å². The first-order chi connectivity index (χ1) is 11.8. The Morgan fingerprint density at radius 1 is 1.12 bits per heavy atom. The molecule has 1 atom stereocenters. The summed E-state index contributed by atoms with van der Waals surface area (Å²) in [7, 11) is 1.54. The zero-order valence-corrected chi connectivity index (χ0v) is 13.8. The molecule has 126 valence electrons. The number of hydrogen-bond acceptors (Lipinski definition) is 4. The molecule has 1 aliphatic heterocycles. The third-order valence-corrected chi connectivity index (χ3v) is 4.07. The molecule has 1 heterocycles. The molecule has 1 aliphatic rings. The van der Waals surface area contributed by atoms with E-state index in [9.17, 15) is 4.79 Å². The van der Waals surface area contributed by atoms with E-state index in [4.69, 9.17) is 9.47 Å². The van der Waals surface area contributed by atoms with Gasteiger partial charge in [-0.2, -0.15) is 0 Å². The average Bonchev–Trinajstić information content (AvgIpc) is 2.64. The highest BCUT2D eigenvalue weighted by molar-refractivity contribution is 5.95. The molecule has 0 aromatic heterocycles. The number of amides is 1. The molecule has 1 saturated heterocycles. The molecule has 1 fully saturated rings. The van der Waals surface area contributed by atoms with Gasteiger partial charge in [-0.05, 0) is 23.8 Å². The lowest BCUT2D eigenvalue weighted by molar-refractivity contribution is -0.126. The number of hydrogen-bond donors (Lipinski definition) is 1. The van der Waals surface area contributed by atoms with E-state index in [0.717, 1.165) is 43.2 Å². The lowest BCUT2D eigenvalue weighted by atomic mass is 10.1. The summed E-state index contributed by atoms with van der Waals surface area (Å²) in [6.45, 7) is 3.19. The first-order valence-electron chi connectivity index (χ1n) is 8.09. The van der Waals surface area contributed by atoms with Crippen molar-refractivity contribution in [3.63, 3.8) is 0 Å². The van der Waals surface area contributed by atoms with E-state index in [0.29, 0.717) is 0 Å². The SMILES string of the molecule is CO[C@@H](C(=O)Nc1cccc(N2CCOCC2)c1)c1ccccc1. The zero-order valence-electron chi connectivity index (χ0n) is 13.8. The van der Waals surface area contributed by atoms with Crippen molar-refractivity contribution in [2.24, 2.45) is 0 Å². The van der Waals surface area contributed by atoms with Gasteiger partial charge in [0.2, 0.25) is 0 Å². The Kier molecular flexibility index (Phi) is 5.46. The van der Waals surface area contributed by atoms with Crippen molar-refractivity contribution in [1.29, 1.82) is 0 Å². The normalized spacial score (nSPS) is 15.8. The minimum Gasteiger partial charge on any atom is -0.378 e. The maximum Gasteiger partial charge on any atom is 0.258 e. The number of carbonyl (C=O) groups excluding carboxylic acids is 1. The van der Waals surface area contributed by atoms with Crippen LogP contribution in [0, 0.1) is 0 Å². The van der Waals surface area contributed by atoms with Gasteiger partial charge in [0.1, 0.15) is 0 Å². The monoisotopic (exact) mass is 326 g/mol. The van der Waals surface area contributed by atoms with E-state index in [2.05, 4.69) is 10.2 Å². The number of rotatable bonds is 5. The fraction of sp³-hybridized carbons (Fsp3) is 0.316. The number of nitrogens with one attached hydrogen (secondary N) is 1. The number of methoxy groups -OCH3 is 1. The summed E-state index contributed by atoms with van der Waals surface area (Å²) in [4.78, 5) is 14.8. The summed E-state index contributed by atoms with van der Waals surface area (Å²) in [5.74, 6) is -0.178. The number of ether oxygens (including phenoxy) is 2. The molecule has 1 N–H and O–H groups in total. The second kappa shape index (κ2) is 7.95. The fourth-order valence-corrected chi connectivity index (χ4v) is 2.83. The van der Waals surface area contributed by atoms with E-state index >= 15 is 0 Å². The number of anilines is 2. The minimum atomic E-state index is -0.627. The third-order valence-electron chi connectivity index (χ3n) is 4.07. The zero-order chi connectivity index (χ0) is 16.8. The van der Waals surface area contributed by atoms with Crippen molar-refractivity contribution in [1.82, 2.24) is 0 Å². The van der Waals surface area contributed by atoms with Crippen LogP contribution in [-0.4, -0.2) is 39.3 Å². The molecule has 1 amide bonds.